The molecule has 0 aliphatic carbocycles. The molecule has 0 fully saturated rings. The minimum absolute atomic E-state index is 0.0665. The van der Waals surface area contributed by atoms with Gasteiger partial charge in [-0.2, -0.15) is 13.2 Å². The summed E-state index contributed by atoms with van der Waals surface area (Å²) in [5.41, 5.74) is 0.748. The van der Waals surface area contributed by atoms with E-state index in [0.29, 0.717) is 16.8 Å². The zero-order valence-corrected chi connectivity index (χ0v) is 11.9. The second kappa shape index (κ2) is 5.76. The number of benzene rings is 2. The SMILES string of the molecule is Oc1cccc2ccc(C=Cc3cccc(C(F)(F)F)c3)nc12. The van der Waals surface area contributed by atoms with Crippen LogP contribution in [-0.2, 0) is 6.18 Å². The summed E-state index contributed by atoms with van der Waals surface area (Å²) in [7, 11) is 0. The number of alkyl halides is 3. The predicted octanol–water partition coefficient (Wildman–Crippen LogP) is 5.13. The molecule has 1 heterocycles. The van der Waals surface area contributed by atoms with E-state index >= 15 is 0 Å². The molecule has 0 atom stereocenters. The molecule has 23 heavy (non-hydrogen) atoms. The molecule has 0 aliphatic heterocycles. The van der Waals surface area contributed by atoms with E-state index < -0.39 is 11.7 Å². The Labute approximate surface area is 130 Å². The number of rotatable bonds is 2. The van der Waals surface area contributed by atoms with Gasteiger partial charge >= 0.3 is 6.18 Å². The van der Waals surface area contributed by atoms with Gasteiger partial charge in [0.1, 0.15) is 11.3 Å². The van der Waals surface area contributed by atoms with Gasteiger partial charge in [0.15, 0.2) is 0 Å². The number of pyridine rings is 1. The van der Waals surface area contributed by atoms with Gasteiger partial charge in [0.05, 0.1) is 11.3 Å². The van der Waals surface area contributed by atoms with Gasteiger partial charge in [-0.3, -0.25) is 0 Å². The Morgan fingerprint density at radius 1 is 0.913 bits per heavy atom. The molecule has 1 aromatic heterocycles. The molecule has 3 aromatic rings. The lowest BCUT2D eigenvalue weighted by Crippen LogP contribution is -2.04. The smallest absolute Gasteiger partial charge is 0.416 e. The highest BCUT2D eigenvalue weighted by Gasteiger charge is 2.30. The standard InChI is InChI=1S/C18H12F3NO/c19-18(20,21)14-5-1-3-12(11-14)7-9-15-10-8-13-4-2-6-16(23)17(13)22-15/h1-11,23H. The van der Waals surface area contributed by atoms with Gasteiger partial charge in [-0.15, -0.1) is 0 Å². The van der Waals surface area contributed by atoms with E-state index in [1.165, 1.54) is 12.1 Å². The van der Waals surface area contributed by atoms with Gasteiger partial charge in [-0.1, -0.05) is 36.4 Å². The molecule has 0 unspecified atom stereocenters. The largest absolute Gasteiger partial charge is 0.506 e. The van der Waals surface area contributed by atoms with Gasteiger partial charge in [0.25, 0.3) is 0 Å². The fraction of sp³-hybridized carbons (Fsp3) is 0.0556. The second-order valence-corrected chi connectivity index (χ2v) is 5.04. The molecule has 0 saturated carbocycles. The number of phenolic OH excluding ortho intramolecular Hbond substituents is 1. The van der Waals surface area contributed by atoms with Crippen LogP contribution in [0.15, 0.2) is 54.6 Å². The number of phenols is 1. The summed E-state index contributed by atoms with van der Waals surface area (Å²) >= 11 is 0. The van der Waals surface area contributed by atoms with Crippen LogP contribution in [0.25, 0.3) is 23.1 Å². The zero-order valence-electron chi connectivity index (χ0n) is 11.9. The summed E-state index contributed by atoms with van der Waals surface area (Å²) < 4.78 is 38.1. The first kappa shape index (κ1) is 15.1. The van der Waals surface area contributed by atoms with Crippen molar-refractivity contribution in [2.24, 2.45) is 0 Å². The summed E-state index contributed by atoms with van der Waals surface area (Å²) in [5.74, 6) is 0.0665. The molecular formula is C18H12F3NO. The lowest BCUT2D eigenvalue weighted by Gasteiger charge is -2.06. The maximum absolute atomic E-state index is 12.7. The van der Waals surface area contributed by atoms with E-state index in [1.54, 1.807) is 36.4 Å². The fourth-order valence-electron chi connectivity index (χ4n) is 2.24. The van der Waals surface area contributed by atoms with Gasteiger partial charge in [-0.05, 0) is 35.9 Å². The highest BCUT2D eigenvalue weighted by molar-refractivity contribution is 5.85. The molecule has 0 aliphatic rings. The molecule has 0 bridgehead atoms. The summed E-state index contributed by atoms with van der Waals surface area (Å²) in [6, 6.07) is 13.7. The third-order valence-corrected chi connectivity index (χ3v) is 3.38. The molecule has 1 N–H and O–H groups in total. The van der Waals surface area contributed by atoms with E-state index in [9.17, 15) is 18.3 Å². The minimum Gasteiger partial charge on any atom is -0.506 e. The van der Waals surface area contributed by atoms with Crippen LogP contribution in [-0.4, -0.2) is 10.1 Å². The van der Waals surface area contributed by atoms with Crippen LogP contribution < -0.4 is 0 Å². The van der Waals surface area contributed by atoms with Crippen molar-refractivity contribution in [1.29, 1.82) is 0 Å². The number of aromatic nitrogens is 1. The average molecular weight is 315 g/mol. The summed E-state index contributed by atoms with van der Waals surface area (Å²) in [6.07, 6.45) is -1.19. The molecule has 2 aromatic carbocycles. The van der Waals surface area contributed by atoms with E-state index in [-0.39, 0.29) is 5.75 Å². The van der Waals surface area contributed by atoms with Crippen LogP contribution in [0.2, 0.25) is 0 Å². The molecule has 0 amide bonds. The Bertz CT molecular complexity index is 885. The van der Waals surface area contributed by atoms with E-state index in [2.05, 4.69) is 4.98 Å². The predicted molar refractivity (Wildman–Crippen MR) is 83.8 cm³/mol. The number of halogens is 3. The third kappa shape index (κ3) is 3.34. The molecule has 116 valence electrons. The van der Waals surface area contributed by atoms with Crippen LogP contribution in [0.1, 0.15) is 16.8 Å². The van der Waals surface area contributed by atoms with E-state index in [0.717, 1.165) is 17.5 Å². The van der Waals surface area contributed by atoms with Gasteiger partial charge < -0.3 is 5.11 Å². The Kier molecular flexibility index (Phi) is 3.78. The van der Waals surface area contributed by atoms with Crippen molar-refractivity contribution in [3.63, 3.8) is 0 Å². The number of nitrogens with zero attached hydrogens (tertiary/aromatic N) is 1. The van der Waals surface area contributed by atoms with Crippen molar-refractivity contribution in [2.75, 3.05) is 0 Å². The number of para-hydroxylation sites is 1. The Morgan fingerprint density at radius 3 is 2.48 bits per heavy atom. The highest BCUT2D eigenvalue weighted by Crippen LogP contribution is 2.30. The maximum atomic E-state index is 12.7. The van der Waals surface area contributed by atoms with Crippen LogP contribution in [0.5, 0.6) is 5.75 Å². The van der Waals surface area contributed by atoms with E-state index in [1.807, 2.05) is 6.07 Å². The lowest BCUT2D eigenvalue weighted by atomic mass is 10.1. The van der Waals surface area contributed by atoms with Crippen LogP contribution >= 0.6 is 0 Å². The van der Waals surface area contributed by atoms with E-state index in [4.69, 9.17) is 0 Å². The van der Waals surface area contributed by atoms with Gasteiger partial charge in [0.2, 0.25) is 0 Å². The van der Waals surface area contributed by atoms with Crippen LogP contribution in [0.4, 0.5) is 13.2 Å². The molecule has 2 nitrogen and oxygen atoms in total. The Hall–Kier alpha value is -2.82. The van der Waals surface area contributed by atoms with Gasteiger partial charge in [-0.25, -0.2) is 4.98 Å². The molecule has 3 rings (SSSR count). The fourth-order valence-corrected chi connectivity index (χ4v) is 2.24. The Balaban J connectivity index is 1.93. The monoisotopic (exact) mass is 315 g/mol. The van der Waals surface area contributed by atoms with Crippen molar-refractivity contribution in [1.82, 2.24) is 4.98 Å². The second-order valence-electron chi connectivity index (χ2n) is 5.04. The molecule has 0 saturated heterocycles. The topological polar surface area (TPSA) is 33.1 Å². The summed E-state index contributed by atoms with van der Waals surface area (Å²) in [4.78, 5) is 4.30. The quantitative estimate of drug-likeness (QED) is 0.711. The third-order valence-electron chi connectivity index (χ3n) is 3.38. The molecular weight excluding hydrogens is 303 g/mol. The zero-order chi connectivity index (χ0) is 16.4. The minimum atomic E-state index is -4.36. The van der Waals surface area contributed by atoms with Crippen molar-refractivity contribution in [3.8, 4) is 5.75 Å². The first-order valence-corrected chi connectivity index (χ1v) is 6.87. The number of hydrogen-bond acceptors (Lipinski definition) is 2. The summed E-state index contributed by atoms with van der Waals surface area (Å²) in [6.45, 7) is 0. The average Bonchev–Trinajstić information content (AvgIpc) is 2.53. The molecule has 0 spiro atoms. The highest BCUT2D eigenvalue weighted by atomic mass is 19.4. The van der Waals surface area contributed by atoms with Crippen molar-refractivity contribution < 1.29 is 18.3 Å². The normalized spacial score (nSPS) is 12.1. The molecule has 0 radical (unpaired) electrons. The van der Waals surface area contributed by atoms with Crippen LogP contribution in [0, 0.1) is 0 Å². The first-order valence-electron chi connectivity index (χ1n) is 6.87. The van der Waals surface area contributed by atoms with Crippen LogP contribution in [0.3, 0.4) is 0 Å². The lowest BCUT2D eigenvalue weighted by molar-refractivity contribution is -0.137. The van der Waals surface area contributed by atoms with Crippen molar-refractivity contribution >= 4 is 23.1 Å². The number of aromatic hydroxyl groups is 1. The number of hydrogen-bond donors (Lipinski definition) is 1. The maximum Gasteiger partial charge on any atom is 0.416 e. The van der Waals surface area contributed by atoms with Crippen molar-refractivity contribution in [3.05, 3.63) is 71.4 Å². The summed E-state index contributed by atoms with van der Waals surface area (Å²) in [5, 5.41) is 10.6. The molecule has 5 heteroatoms. The van der Waals surface area contributed by atoms with Crippen molar-refractivity contribution in [2.45, 2.75) is 6.18 Å². The number of fused-ring (bicyclic) bond motifs is 1. The Morgan fingerprint density at radius 2 is 1.70 bits per heavy atom. The van der Waals surface area contributed by atoms with Gasteiger partial charge in [0, 0.05) is 5.39 Å². The first-order chi connectivity index (χ1) is 10.9.